The van der Waals surface area contributed by atoms with E-state index in [1.165, 1.54) is 17.3 Å². The van der Waals surface area contributed by atoms with Crippen LogP contribution in [-0.2, 0) is 11.2 Å². The summed E-state index contributed by atoms with van der Waals surface area (Å²) in [6, 6.07) is 17.3. The number of fused-ring (bicyclic) bond motifs is 1. The van der Waals surface area contributed by atoms with Crippen molar-refractivity contribution in [1.82, 2.24) is 14.9 Å². The summed E-state index contributed by atoms with van der Waals surface area (Å²) in [4.78, 5) is 30.1. The molecule has 0 saturated carbocycles. The van der Waals surface area contributed by atoms with Crippen LogP contribution >= 0.6 is 11.8 Å². The third-order valence-corrected chi connectivity index (χ3v) is 5.57. The van der Waals surface area contributed by atoms with E-state index in [0.29, 0.717) is 22.6 Å². The highest BCUT2D eigenvalue weighted by Gasteiger charge is 2.20. The molecule has 1 unspecified atom stereocenters. The van der Waals surface area contributed by atoms with E-state index in [0.717, 1.165) is 6.42 Å². The molecular formula is C22H25N3O2S. The molecule has 28 heavy (non-hydrogen) atoms. The molecule has 0 aliphatic heterocycles. The van der Waals surface area contributed by atoms with Crippen LogP contribution in [0.15, 0.2) is 64.5 Å². The van der Waals surface area contributed by atoms with E-state index in [9.17, 15) is 9.59 Å². The van der Waals surface area contributed by atoms with Gasteiger partial charge in [0, 0.05) is 12.6 Å². The zero-order valence-electron chi connectivity index (χ0n) is 16.4. The molecule has 1 amide bonds. The maximum absolute atomic E-state index is 12.9. The zero-order chi connectivity index (χ0) is 20.1. The first-order chi connectivity index (χ1) is 13.5. The van der Waals surface area contributed by atoms with Gasteiger partial charge in [0.15, 0.2) is 5.16 Å². The van der Waals surface area contributed by atoms with Crippen molar-refractivity contribution in [3.8, 4) is 0 Å². The second-order valence-electron chi connectivity index (χ2n) is 6.97. The van der Waals surface area contributed by atoms with Crippen LogP contribution in [0, 0.1) is 0 Å². The smallest absolute Gasteiger partial charge is 0.262 e. The lowest BCUT2D eigenvalue weighted by molar-refractivity contribution is -0.120. The van der Waals surface area contributed by atoms with Crippen molar-refractivity contribution in [1.29, 1.82) is 0 Å². The molecule has 0 aliphatic rings. The number of amides is 1. The Morgan fingerprint density at radius 3 is 2.46 bits per heavy atom. The number of thioether (sulfide) groups is 1. The van der Waals surface area contributed by atoms with Gasteiger partial charge in [0.2, 0.25) is 5.91 Å². The van der Waals surface area contributed by atoms with Gasteiger partial charge in [-0.3, -0.25) is 14.2 Å². The number of para-hydroxylation sites is 1. The van der Waals surface area contributed by atoms with E-state index < -0.39 is 0 Å². The molecule has 2 aromatic carbocycles. The van der Waals surface area contributed by atoms with Gasteiger partial charge in [-0.1, -0.05) is 54.2 Å². The summed E-state index contributed by atoms with van der Waals surface area (Å²) in [7, 11) is 0. The Balaban J connectivity index is 1.73. The summed E-state index contributed by atoms with van der Waals surface area (Å²) >= 11 is 1.32. The molecule has 5 nitrogen and oxygen atoms in total. The monoisotopic (exact) mass is 395 g/mol. The molecule has 1 heterocycles. The van der Waals surface area contributed by atoms with Gasteiger partial charge in [0.1, 0.15) is 0 Å². The molecule has 146 valence electrons. The number of carbonyl (C=O) groups is 1. The average molecular weight is 396 g/mol. The number of hydrogen-bond acceptors (Lipinski definition) is 4. The quantitative estimate of drug-likeness (QED) is 0.488. The Kier molecular flexibility index (Phi) is 6.52. The topological polar surface area (TPSA) is 64.0 Å². The zero-order valence-corrected chi connectivity index (χ0v) is 17.2. The third kappa shape index (κ3) is 4.62. The first-order valence-corrected chi connectivity index (χ1v) is 10.3. The van der Waals surface area contributed by atoms with Gasteiger partial charge in [-0.25, -0.2) is 4.98 Å². The molecule has 0 bridgehead atoms. The van der Waals surface area contributed by atoms with Crippen molar-refractivity contribution in [3.05, 3.63) is 70.5 Å². The summed E-state index contributed by atoms with van der Waals surface area (Å²) in [5.41, 5.74) is 1.77. The Morgan fingerprint density at radius 2 is 1.75 bits per heavy atom. The number of aromatic nitrogens is 2. The Bertz CT molecular complexity index is 1020. The molecule has 3 aromatic rings. The maximum atomic E-state index is 12.9. The highest BCUT2D eigenvalue weighted by Crippen LogP contribution is 2.24. The van der Waals surface area contributed by atoms with Crippen molar-refractivity contribution in [2.45, 2.75) is 43.6 Å². The van der Waals surface area contributed by atoms with Crippen molar-refractivity contribution < 1.29 is 4.79 Å². The van der Waals surface area contributed by atoms with Crippen molar-refractivity contribution in [2.24, 2.45) is 0 Å². The summed E-state index contributed by atoms with van der Waals surface area (Å²) in [6.45, 7) is 6.32. The van der Waals surface area contributed by atoms with Crippen molar-refractivity contribution in [3.63, 3.8) is 0 Å². The first-order valence-electron chi connectivity index (χ1n) is 9.47. The third-order valence-electron chi connectivity index (χ3n) is 4.50. The fourth-order valence-corrected chi connectivity index (χ4v) is 4.06. The minimum absolute atomic E-state index is 0.0413. The summed E-state index contributed by atoms with van der Waals surface area (Å²) in [5.74, 6) is -0.0568. The highest BCUT2D eigenvalue weighted by atomic mass is 32.2. The molecule has 0 radical (unpaired) electrons. The van der Waals surface area contributed by atoms with Gasteiger partial charge in [-0.15, -0.1) is 0 Å². The van der Waals surface area contributed by atoms with Gasteiger partial charge in [0.25, 0.3) is 5.56 Å². The fraction of sp³-hybridized carbons (Fsp3) is 0.318. The minimum atomic E-state index is -0.353. The fourth-order valence-electron chi connectivity index (χ4n) is 2.99. The van der Waals surface area contributed by atoms with Gasteiger partial charge in [0.05, 0.1) is 16.2 Å². The Hall–Kier alpha value is -2.60. The molecular weight excluding hydrogens is 370 g/mol. The average Bonchev–Trinajstić information content (AvgIpc) is 2.68. The van der Waals surface area contributed by atoms with Crippen molar-refractivity contribution >= 4 is 28.6 Å². The number of hydrogen-bond donors (Lipinski definition) is 1. The van der Waals surface area contributed by atoms with Crippen LogP contribution in [0.4, 0.5) is 0 Å². The highest BCUT2D eigenvalue weighted by molar-refractivity contribution is 8.00. The molecule has 0 fully saturated rings. The van der Waals surface area contributed by atoms with Gasteiger partial charge in [-0.05, 0) is 44.9 Å². The molecule has 1 atom stereocenters. The van der Waals surface area contributed by atoms with Gasteiger partial charge < -0.3 is 5.32 Å². The lowest BCUT2D eigenvalue weighted by Gasteiger charge is -2.18. The van der Waals surface area contributed by atoms with E-state index >= 15 is 0 Å². The van der Waals surface area contributed by atoms with E-state index in [-0.39, 0.29) is 22.8 Å². The summed E-state index contributed by atoms with van der Waals surface area (Å²) in [6.07, 6.45) is 0.787. The van der Waals surface area contributed by atoms with Gasteiger partial charge >= 0.3 is 0 Å². The number of carbonyl (C=O) groups excluding carboxylic acids is 1. The molecule has 1 N–H and O–H groups in total. The van der Waals surface area contributed by atoms with Crippen LogP contribution in [0.2, 0.25) is 0 Å². The molecule has 6 heteroatoms. The minimum Gasteiger partial charge on any atom is -0.355 e. The standard InChI is InChI=1S/C22H25N3O2S/c1-15(2)25-21(27)18-11-7-8-12-19(18)24-22(25)28-16(3)20(26)23-14-13-17-9-5-4-6-10-17/h4-12,15-16H,13-14H2,1-3H3,(H,23,26). The SMILES string of the molecule is CC(Sc1nc2ccccc2c(=O)n1C(C)C)C(=O)NCCc1ccccc1. The van der Waals surface area contributed by atoms with Crippen molar-refractivity contribution in [2.75, 3.05) is 6.54 Å². The van der Waals surface area contributed by atoms with E-state index in [4.69, 9.17) is 0 Å². The number of nitrogens with zero attached hydrogens (tertiary/aromatic N) is 2. The summed E-state index contributed by atoms with van der Waals surface area (Å²) < 4.78 is 1.67. The van der Waals surface area contributed by atoms with Crippen LogP contribution in [0.3, 0.4) is 0 Å². The molecule has 0 aliphatic carbocycles. The lowest BCUT2D eigenvalue weighted by Crippen LogP contribution is -2.33. The number of nitrogens with one attached hydrogen (secondary N) is 1. The molecule has 0 spiro atoms. The molecule has 3 rings (SSSR count). The predicted molar refractivity (Wildman–Crippen MR) is 115 cm³/mol. The lowest BCUT2D eigenvalue weighted by atomic mass is 10.1. The van der Waals surface area contributed by atoms with E-state index in [1.807, 2.05) is 69.3 Å². The van der Waals surface area contributed by atoms with Crippen LogP contribution in [0.25, 0.3) is 10.9 Å². The largest absolute Gasteiger partial charge is 0.355 e. The molecule has 0 saturated heterocycles. The van der Waals surface area contributed by atoms with E-state index in [2.05, 4.69) is 10.3 Å². The summed E-state index contributed by atoms with van der Waals surface area (Å²) in [5, 5.41) is 3.80. The van der Waals surface area contributed by atoms with Crippen LogP contribution in [0.5, 0.6) is 0 Å². The number of rotatable bonds is 7. The second-order valence-corrected chi connectivity index (χ2v) is 8.28. The first kappa shape index (κ1) is 20.1. The molecule has 1 aromatic heterocycles. The predicted octanol–water partition coefficient (Wildman–Crippen LogP) is 3.82. The Morgan fingerprint density at radius 1 is 1.07 bits per heavy atom. The second kappa shape index (κ2) is 9.06. The van der Waals surface area contributed by atoms with Crippen LogP contribution < -0.4 is 10.9 Å². The Labute approximate surface area is 169 Å². The van der Waals surface area contributed by atoms with Crippen LogP contribution in [0.1, 0.15) is 32.4 Å². The number of benzene rings is 2. The van der Waals surface area contributed by atoms with E-state index in [1.54, 1.807) is 10.6 Å². The van der Waals surface area contributed by atoms with Crippen LogP contribution in [-0.4, -0.2) is 27.3 Å². The maximum Gasteiger partial charge on any atom is 0.262 e. The normalized spacial score (nSPS) is 12.3. The van der Waals surface area contributed by atoms with Gasteiger partial charge in [-0.2, -0.15) is 0 Å².